The second-order valence-electron chi connectivity index (χ2n) is 3.43. The van der Waals surface area contributed by atoms with Crippen molar-refractivity contribution in [2.24, 2.45) is 0 Å². The van der Waals surface area contributed by atoms with Crippen LogP contribution in [0.1, 0.15) is 11.4 Å². The van der Waals surface area contributed by atoms with Crippen LogP contribution in [0.15, 0.2) is 28.9 Å². The Morgan fingerprint density at radius 3 is 2.82 bits per heavy atom. The van der Waals surface area contributed by atoms with E-state index in [4.69, 9.17) is 17.3 Å². The summed E-state index contributed by atoms with van der Waals surface area (Å²) < 4.78 is 13.5. The lowest BCUT2D eigenvalue weighted by atomic mass is 10.1. The molecule has 0 spiro atoms. The lowest BCUT2D eigenvalue weighted by Crippen LogP contribution is -2.01. The number of nitrogen functional groups attached to an aromatic ring is 1. The van der Waals surface area contributed by atoms with Crippen molar-refractivity contribution >= 4 is 33.3 Å². The maximum absolute atomic E-state index is 12.9. The monoisotopic (exact) mass is 315 g/mol. The van der Waals surface area contributed by atoms with Crippen LogP contribution in [0.2, 0.25) is 5.02 Å². The first-order chi connectivity index (χ1) is 8.06. The normalized spacial score (nSPS) is 10.5. The summed E-state index contributed by atoms with van der Waals surface area (Å²) in [6.07, 6.45) is 1.99. The second kappa shape index (κ2) is 4.98. The fourth-order valence-corrected chi connectivity index (χ4v) is 1.76. The molecule has 0 fully saturated rings. The number of hydrogen-bond acceptors (Lipinski definition) is 3. The highest BCUT2D eigenvalue weighted by atomic mass is 79.9. The van der Waals surface area contributed by atoms with E-state index in [2.05, 4.69) is 25.9 Å². The molecule has 88 valence electrons. The first-order valence-corrected chi connectivity index (χ1v) is 5.94. The van der Waals surface area contributed by atoms with E-state index in [-0.39, 0.29) is 5.82 Å². The van der Waals surface area contributed by atoms with E-state index in [0.29, 0.717) is 27.6 Å². The van der Waals surface area contributed by atoms with Gasteiger partial charge in [0.1, 0.15) is 17.5 Å². The average Bonchev–Trinajstić information content (AvgIpc) is 2.27. The molecule has 0 amide bonds. The number of nitrogens with zero attached hydrogens (tertiary/aromatic N) is 2. The van der Waals surface area contributed by atoms with Gasteiger partial charge in [0, 0.05) is 17.6 Å². The van der Waals surface area contributed by atoms with Crippen LogP contribution < -0.4 is 5.73 Å². The quantitative estimate of drug-likeness (QED) is 0.925. The standard InChI is InChI=1S/C11H8BrClFN3/c12-8-5-16-10(17-11(8)15)3-6-1-2-7(14)4-9(6)13/h1-2,4-5H,3H2,(H2,15,16,17). The van der Waals surface area contributed by atoms with Gasteiger partial charge in [0.25, 0.3) is 0 Å². The molecule has 17 heavy (non-hydrogen) atoms. The van der Waals surface area contributed by atoms with Gasteiger partial charge in [0.2, 0.25) is 0 Å². The van der Waals surface area contributed by atoms with Crippen LogP contribution in [0.4, 0.5) is 10.2 Å². The zero-order chi connectivity index (χ0) is 12.4. The number of rotatable bonds is 2. The van der Waals surface area contributed by atoms with E-state index in [9.17, 15) is 4.39 Å². The lowest BCUT2D eigenvalue weighted by Gasteiger charge is -2.04. The number of anilines is 1. The first-order valence-electron chi connectivity index (χ1n) is 4.77. The fourth-order valence-electron chi connectivity index (χ4n) is 1.34. The van der Waals surface area contributed by atoms with E-state index >= 15 is 0 Å². The van der Waals surface area contributed by atoms with Crippen molar-refractivity contribution < 1.29 is 4.39 Å². The van der Waals surface area contributed by atoms with E-state index in [0.717, 1.165) is 5.56 Å². The molecular formula is C11H8BrClFN3. The van der Waals surface area contributed by atoms with E-state index in [1.54, 1.807) is 12.3 Å². The van der Waals surface area contributed by atoms with Crippen molar-refractivity contribution in [3.63, 3.8) is 0 Å². The van der Waals surface area contributed by atoms with Gasteiger partial charge in [-0.2, -0.15) is 0 Å². The van der Waals surface area contributed by atoms with Gasteiger partial charge in [-0.1, -0.05) is 17.7 Å². The van der Waals surface area contributed by atoms with E-state index in [1.807, 2.05) is 0 Å². The zero-order valence-electron chi connectivity index (χ0n) is 8.62. The summed E-state index contributed by atoms with van der Waals surface area (Å²) in [6, 6.07) is 4.22. The molecule has 0 radical (unpaired) electrons. The summed E-state index contributed by atoms with van der Waals surface area (Å²) in [5.74, 6) is 0.544. The number of halogens is 3. The van der Waals surface area contributed by atoms with Gasteiger partial charge in [0.15, 0.2) is 0 Å². The molecule has 1 aromatic heterocycles. The minimum absolute atomic E-state index is 0.357. The van der Waals surface area contributed by atoms with Gasteiger partial charge in [-0.15, -0.1) is 0 Å². The third-order valence-corrected chi connectivity index (χ3v) is 3.15. The van der Waals surface area contributed by atoms with Crippen molar-refractivity contribution in [2.45, 2.75) is 6.42 Å². The Kier molecular flexibility index (Phi) is 3.59. The zero-order valence-corrected chi connectivity index (χ0v) is 11.0. The molecule has 0 aliphatic heterocycles. The molecule has 2 aromatic rings. The van der Waals surface area contributed by atoms with E-state index < -0.39 is 0 Å². The molecule has 1 heterocycles. The van der Waals surface area contributed by atoms with Crippen LogP contribution in [0.25, 0.3) is 0 Å². The number of hydrogen-bond donors (Lipinski definition) is 1. The third kappa shape index (κ3) is 2.92. The topological polar surface area (TPSA) is 51.8 Å². The first kappa shape index (κ1) is 12.3. The lowest BCUT2D eigenvalue weighted by molar-refractivity contribution is 0.627. The SMILES string of the molecule is Nc1nc(Cc2ccc(F)cc2Cl)ncc1Br. The van der Waals surface area contributed by atoms with Crippen molar-refractivity contribution in [3.05, 3.63) is 51.1 Å². The van der Waals surface area contributed by atoms with Gasteiger partial charge in [-0.05, 0) is 33.6 Å². The van der Waals surface area contributed by atoms with Crippen molar-refractivity contribution in [2.75, 3.05) is 5.73 Å². The molecule has 0 unspecified atom stereocenters. The van der Waals surface area contributed by atoms with Crippen molar-refractivity contribution in [1.29, 1.82) is 0 Å². The summed E-state index contributed by atoms with van der Waals surface area (Å²) in [4.78, 5) is 8.21. The minimum atomic E-state index is -0.366. The Hall–Kier alpha value is -1.20. The van der Waals surface area contributed by atoms with Gasteiger partial charge >= 0.3 is 0 Å². The largest absolute Gasteiger partial charge is 0.383 e. The maximum atomic E-state index is 12.9. The summed E-state index contributed by atoms with van der Waals surface area (Å²) in [7, 11) is 0. The maximum Gasteiger partial charge on any atom is 0.141 e. The van der Waals surface area contributed by atoms with Crippen LogP contribution in [-0.2, 0) is 6.42 Å². The smallest absolute Gasteiger partial charge is 0.141 e. The van der Waals surface area contributed by atoms with Crippen LogP contribution >= 0.6 is 27.5 Å². The van der Waals surface area contributed by atoms with Crippen LogP contribution in [-0.4, -0.2) is 9.97 Å². The van der Waals surface area contributed by atoms with Gasteiger partial charge in [-0.3, -0.25) is 0 Å². The molecule has 1 aromatic carbocycles. The van der Waals surface area contributed by atoms with Gasteiger partial charge in [-0.25, -0.2) is 14.4 Å². The summed E-state index contributed by atoms with van der Waals surface area (Å²) in [5, 5.41) is 0.357. The Morgan fingerprint density at radius 2 is 2.18 bits per heavy atom. The van der Waals surface area contributed by atoms with Crippen molar-refractivity contribution in [1.82, 2.24) is 9.97 Å². The Morgan fingerprint density at radius 1 is 1.41 bits per heavy atom. The highest BCUT2D eigenvalue weighted by molar-refractivity contribution is 9.10. The van der Waals surface area contributed by atoms with Crippen LogP contribution in [0, 0.1) is 5.82 Å². The minimum Gasteiger partial charge on any atom is -0.383 e. The highest BCUT2D eigenvalue weighted by Crippen LogP contribution is 2.21. The number of nitrogens with two attached hydrogens (primary N) is 1. The molecule has 0 saturated heterocycles. The molecule has 3 nitrogen and oxygen atoms in total. The fraction of sp³-hybridized carbons (Fsp3) is 0.0909. The second-order valence-corrected chi connectivity index (χ2v) is 4.69. The van der Waals surface area contributed by atoms with Crippen LogP contribution in [0.3, 0.4) is 0 Å². The van der Waals surface area contributed by atoms with Gasteiger partial charge in [0.05, 0.1) is 4.47 Å². The molecule has 0 aliphatic rings. The molecule has 0 atom stereocenters. The van der Waals surface area contributed by atoms with Crippen molar-refractivity contribution in [3.8, 4) is 0 Å². The molecule has 0 saturated carbocycles. The Labute approximate surface area is 111 Å². The summed E-state index contributed by atoms with van der Waals surface area (Å²) in [6.45, 7) is 0. The summed E-state index contributed by atoms with van der Waals surface area (Å²) >= 11 is 9.13. The molecular weight excluding hydrogens is 308 g/mol. The molecule has 0 bridgehead atoms. The van der Waals surface area contributed by atoms with E-state index in [1.165, 1.54) is 12.1 Å². The number of aromatic nitrogens is 2. The average molecular weight is 317 g/mol. The molecule has 2 N–H and O–H groups in total. The highest BCUT2D eigenvalue weighted by Gasteiger charge is 2.07. The predicted molar refractivity (Wildman–Crippen MR) is 68.4 cm³/mol. The molecule has 0 aliphatic carbocycles. The summed E-state index contributed by atoms with van der Waals surface area (Å²) in [5.41, 5.74) is 6.40. The molecule has 2 rings (SSSR count). The van der Waals surface area contributed by atoms with Crippen LogP contribution in [0.5, 0.6) is 0 Å². The van der Waals surface area contributed by atoms with Gasteiger partial charge < -0.3 is 5.73 Å². The number of benzene rings is 1. The third-order valence-electron chi connectivity index (χ3n) is 2.18. The predicted octanol–water partition coefficient (Wildman–Crippen LogP) is 3.20. The molecule has 6 heteroatoms. The Bertz CT molecular complexity index is 562. The Balaban J connectivity index is 2.28.